The van der Waals surface area contributed by atoms with Gasteiger partial charge >= 0.3 is 6.18 Å². The lowest BCUT2D eigenvalue weighted by atomic mass is 10.0. The normalized spacial score (nSPS) is 19.8. The maximum Gasteiger partial charge on any atom is 0.416 e. The van der Waals surface area contributed by atoms with Gasteiger partial charge in [0.2, 0.25) is 5.91 Å². The summed E-state index contributed by atoms with van der Waals surface area (Å²) in [6.45, 7) is 0. The van der Waals surface area contributed by atoms with E-state index in [1.165, 1.54) is 24.3 Å². The molecule has 1 aliphatic rings. The zero-order chi connectivity index (χ0) is 19.7. The Balaban J connectivity index is 1.68. The van der Waals surface area contributed by atoms with Crippen LogP contribution in [0.1, 0.15) is 29.0 Å². The van der Waals surface area contributed by atoms with E-state index in [4.69, 9.17) is 0 Å². The summed E-state index contributed by atoms with van der Waals surface area (Å²) in [5, 5.41) is 0.862. The van der Waals surface area contributed by atoms with Crippen molar-refractivity contribution < 1.29 is 26.4 Å². The smallest absolute Gasteiger partial charge is 0.274 e. The summed E-state index contributed by atoms with van der Waals surface area (Å²) in [6, 6.07) is 13.7. The lowest BCUT2D eigenvalue weighted by Crippen LogP contribution is -2.30. The molecule has 0 heterocycles. The third-order valence-corrected chi connectivity index (χ3v) is 5.26. The molecule has 142 valence electrons. The highest BCUT2D eigenvalue weighted by atomic mass is 32.2. The minimum atomic E-state index is -4.52. The van der Waals surface area contributed by atoms with E-state index in [0.717, 1.165) is 11.5 Å². The number of rotatable bonds is 5. The molecule has 2 aromatic carbocycles. The van der Waals surface area contributed by atoms with Crippen LogP contribution >= 0.6 is 0 Å². The Bertz CT molecular complexity index is 969. The second kappa shape index (κ2) is 7.19. The monoisotopic (exact) mass is 395 g/mol. The predicted molar refractivity (Wildman–Crippen MR) is 94.8 cm³/mol. The molecule has 1 amide bonds. The number of sulfonamides is 1. The van der Waals surface area contributed by atoms with Crippen LogP contribution in [-0.4, -0.2) is 14.3 Å². The van der Waals surface area contributed by atoms with Crippen molar-refractivity contribution in [3.05, 3.63) is 76.7 Å². The van der Waals surface area contributed by atoms with Gasteiger partial charge in [-0.05, 0) is 35.6 Å². The molecule has 2 atom stereocenters. The van der Waals surface area contributed by atoms with Crippen molar-refractivity contribution in [3.63, 3.8) is 0 Å². The number of alkyl halides is 3. The van der Waals surface area contributed by atoms with Crippen molar-refractivity contribution in [3.8, 4) is 0 Å². The second-order valence-electron chi connectivity index (χ2n) is 6.26. The molecule has 0 spiro atoms. The molecule has 1 N–H and O–H groups in total. The van der Waals surface area contributed by atoms with E-state index >= 15 is 0 Å². The van der Waals surface area contributed by atoms with Gasteiger partial charge in [0.25, 0.3) is 10.0 Å². The number of hydrogen-bond donors (Lipinski definition) is 1. The summed E-state index contributed by atoms with van der Waals surface area (Å²) in [6.07, 6.45) is -3.01. The van der Waals surface area contributed by atoms with Crippen molar-refractivity contribution in [1.82, 2.24) is 4.72 Å². The molecule has 0 aliphatic heterocycles. The number of benzene rings is 2. The Morgan fingerprint density at radius 1 is 1.04 bits per heavy atom. The minimum Gasteiger partial charge on any atom is -0.274 e. The van der Waals surface area contributed by atoms with Gasteiger partial charge in [-0.15, -0.1) is 0 Å². The average Bonchev–Trinajstić information content (AvgIpc) is 3.41. The number of nitrogens with one attached hydrogen (secondary N) is 1. The summed E-state index contributed by atoms with van der Waals surface area (Å²) in [5.41, 5.74) is -0.141. The standard InChI is InChI=1S/C19H16F3NO3S/c20-19(21,22)17-9-5-4-8-14(17)15-12-16(15)18(24)23-27(25,26)11-10-13-6-2-1-3-7-13/h1-11,15-16H,12H2,(H,23,24)/b11-10+. The third-order valence-electron chi connectivity index (χ3n) is 4.27. The zero-order valence-corrected chi connectivity index (χ0v) is 14.8. The first-order valence-electron chi connectivity index (χ1n) is 8.13. The van der Waals surface area contributed by atoms with Gasteiger partial charge in [-0.2, -0.15) is 13.2 Å². The van der Waals surface area contributed by atoms with Crippen LogP contribution in [0.25, 0.3) is 6.08 Å². The molecule has 1 fully saturated rings. The number of amides is 1. The van der Waals surface area contributed by atoms with Gasteiger partial charge in [0, 0.05) is 5.92 Å². The van der Waals surface area contributed by atoms with Crippen LogP contribution in [-0.2, 0) is 21.0 Å². The van der Waals surface area contributed by atoms with Crippen LogP contribution in [0.5, 0.6) is 0 Å². The Labute approximate surface area is 154 Å². The van der Waals surface area contributed by atoms with Crippen LogP contribution < -0.4 is 4.72 Å². The summed E-state index contributed by atoms with van der Waals surface area (Å²) in [5.74, 6) is -2.24. The summed E-state index contributed by atoms with van der Waals surface area (Å²) in [4.78, 5) is 12.2. The van der Waals surface area contributed by atoms with Gasteiger partial charge in [0.05, 0.1) is 11.0 Å². The van der Waals surface area contributed by atoms with Crippen LogP contribution in [0.2, 0.25) is 0 Å². The molecule has 2 aromatic rings. The Hall–Kier alpha value is -2.61. The minimum absolute atomic E-state index is 0.0161. The fourth-order valence-electron chi connectivity index (χ4n) is 2.89. The van der Waals surface area contributed by atoms with E-state index < -0.39 is 39.5 Å². The molecular formula is C19H16F3NO3S. The first-order valence-corrected chi connectivity index (χ1v) is 9.68. The van der Waals surface area contributed by atoms with Crippen LogP contribution in [0, 0.1) is 5.92 Å². The topological polar surface area (TPSA) is 63.2 Å². The molecule has 2 unspecified atom stereocenters. The SMILES string of the molecule is O=C(NS(=O)(=O)/C=C/c1ccccc1)C1CC1c1ccccc1C(F)(F)F. The Morgan fingerprint density at radius 3 is 2.33 bits per heavy atom. The first-order chi connectivity index (χ1) is 12.7. The van der Waals surface area contributed by atoms with Gasteiger partial charge < -0.3 is 0 Å². The molecular weight excluding hydrogens is 379 g/mol. The molecule has 3 rings (SSSR count). The van der Waals surface area contributed by atoms with Gasteiger partial charge in [0.15, 0.2) is 0 Å². The van der Waals surface area contributed by atoms with Crippen molar-refractivity contribution >= 4 is 22.0 Å². The van der Waals surface area contributed by atoms with Crippen LogP contribution in [0.3, 0.4) is 0 Å². The highest BCUT2D eigenvalue weighted by Crippen LogP contribution is 2.51. The average molecular weight is 395 g/mol. The zero-order valence-electron chi connectivity index (χ0n) is 14.0. The van der Waals surface area contributed by atoms with Crippen molar-refractivity contribution in [2.45, 2.75) is 18.5 Å². The fraction of sp³-hybridized carbons (Fsp3) is 0.211. The van der Waals surface area contributed by atoms with E-state index in [1.54, 1.807) is 30.3 Å². The molecule has 27 heavy (non-hydrogen) atoms. The Morgan fingerprint density at radius 2 is 1.67 bits per heavy atom. The number of carbonyl (C=O) groups is 1. The van der Waals surface area contributed by atoms with E-state index in [2.05, 4.69) is 0 Å². The highest BCUT2D eigenvalue weighted by Gasteiger charge is 2.48. The van der Waals surface area contributed by atoms with Gasteiger partial charge in [-0.1, -0.05) is 48.5 Å². The summed E-state index contributed by atoms with van der Waals surface area (Å²) in [7, 11) is -4.03. The van der Waals surface area contributed by atoms with E-state index in [-0.39, 0.29) is 12.0 Å². The largest absolute Gasteiger partial charge is 0.416 e. The van der Waals surface area contributed by atoms with Crippen LogP contribution in [0.4, 0.5) is 13.2 Å². The maximum absolute atomic E-state index is 13.1. The summed E-state index contributed by atoms with van der Waals surface area (Å²) >= 11 is 0. The molecule has 0 bridgehead atoms. The number of hydrogen-bond acceptors (Lipinski definition) is 3. The lowest BCUT2D eigenvalue weighted by Gasteiger charge is -2.12. The predicted octanol–water partition coefficient (Wildman–Crippen LogP) is 3.93. The molecule has 8 heteroatoms. The third kappa shape index (κ3) is 4.77. The van der Waals surface area contributed by atoms with Crippen molar-refractivity contribution in [2.75, 3.05) is 0 Å². The molecule has 0 radical (unpaired) electrons. The number of halogens is 3. The van der Waals surface area contributed by atoms with Crippen LogP contribution in [0.15, 0.2) is 60.0 Å². The summed E-state index contributed by atoms with van der Waals surface area (Å²) < 4.78 is 65.2. The second-order valence-corrected chi connectivity index (χ2v) is 7.82. The highest BCUT2D eigenvalue weighted by molar-refractivity contribution is 7.93. The molecule has 0 saturated heterocycles. The van der Waals surface area contributed by atoms with E-state index in [9.17, 15) is 26.4 Å². The molecule has 0 aromatic heterocycles. The van der Waals surface area contributed by atoms with Gasteiger partial charge in [-0.25, -0.2) is 13.1 Å². The van der Waals surface area contributed by atoms with Gasteiger partial charge in [-0.3, -0.25) is 4.79 Å². The molecule has 1 aliphatic carbocycles. The first kappa shape index (κ1) is 19.2. The lowest BCUT2D eigenvalue weighted by molar-refractivity contribution is -0.138. The Kier molecular flexibility index (Phi) is 5.10. The van der Waals surface area contributed by atoms with E-state index in [1.807, 2.05) is 4.72 Å². The maximum atomic E-state index is 13.1. The molecule has 1 saturated carbocycles. The fourth-order valence-corrected chi connectivity index (χ4v) is 3.73. The van der Waals surface area contributed by atoms with Crippen molar-refractivity contribution in [2.24, 2.45) is 5.92 Å². The number of carbonyl (C=O) groups excluding carboxylic acids is 1. The van der Waals surface area contributed by atoms with Crippen molar-refractivity contribution in [1.29, 1.82) is 0 Å². The quantitative estimate of drug-likeness (QED) is 0.835. The van der Waals surface area contributed by atoms with Gasteiger partial charge in [0.1, 0.15) is 0 Å². The van der Waals surface area contributed by atoms with E-state index in [0.29, 0.717) is 5.56 Å². The molecule has 4 nitrogen and oxygen atoms in total.